The molecule has 0 heterocycles. The van der Waals surface area contributed by atoms with Crippen LogP contribution in [0.2, 0.25) is 10.0 Å². The molecule has 0 bridgehead atoms. The number of carbonyl (C=O) groups excluding carboxylic acids is 3. The molecule has 142 valence electrons. The van der Waals surface area contributed by atoms with Crippen LogP contribution in [0.5, 0.6) is 0 Å². The lowest BCUT2D eigenvalue weighted by atomic mass is 10.1. The summed E-state index contributed by atoms with van der Waals surface area (Å²) < 4.78 is 4.87. The quantitative estimate of drug-likeness (QED) is 0.519. The number of carbonyl (C=O) groups is 3. The molecule has 27 heavy (non-hydrogen) atoms. The molecule has 3 N–H and O–H groups in total. The first-order valence-electron chi connectivity index (χ1n) is 7.96. The lowest BCUT2D eigenvalue weighted by molar-refractivity contribution is -0.121. The largest absolute Gasteiger partial charge is 0.462 e. The zero-order valence-electron chi connectivity index (χ0n) is 14.3. The van der Waals surface area contributed by atoms with Crippen LogP contribution in [-0.2, 0) is 16.0 Å². The summed E-state index contributed by atoms with van der Waals surface area (Å²) in [4.78, 5) is 35.3. The third-order valence-corrected chi connectivity index (χ3v) is 4.08. The SMILES string of the molecule is CCOC(=O)c1ccc(NC(=O)NNC(=O)Cc2c(Cl)cccc2Cl)cc1. The number of nitrogens with one attached hydrogen (secondary N) is 3. The van der Waals surface area contributed by atoms with Crippen LogP contribution in [0, 0.1) is 0 Å². The number of urea groups is 1. The van der Waals surface area contributed by atoms with Crippen LogP contribution in [0.3, 0.4) is 0 Å². The molecule has 0 saturated heterocycles. The second-order valence-electron chi connectivity index (χ2n) is 5.30. The summed E-state index contributed by atoms with van der Waals surface area (Å²) in [7, 11) is 0. The summed E-state index contributed by atoms with van der Waals surface area (Å²) in [6, 6.07) is 10.4. The number of esters is 1. The van der Waals surface area contributed by atoms with Gasteiger partial charge in [-0.3, -0.25) is 10.2 Å². The first-order valence-corrected chi connectivity index (χ1v) is 8.72. The Balaban J connectivity index is 1.83. The van der Waals surface area contributed by atoms with Crippen molar-refractivity contribution in [1.82, 2.24) is 10.9 Å². The van der Waals surface area contributed by atoms with Gasteiger partial charge >= 0.3 is 12.0 Å². The van der Waals surface area contributed by atoms with E-state index in [4.69, 9.17) is 27.9 Å². The third kappa shape index (κ3) is 6.16. The molecule has 2 aromatic carbocycles. The highest BCUT2D eigenvalue weighted by Gasteiger charge is 2.12. The Morgan fingerprint density at radius 1 is 0.963 bits per heavy atom. The molecule has 7 nitrogen and oxygen atoms in total. The van der Waals surface area contributed by atoms with Crippen LogP contribution in [0.25, 0.3) is 0 Å². The summed E-state index contributed by atoms with van der Waals surface area (Å²) in [5.41, 5.74) is 5.75. The second kappa shape index (κ2) is 9.80. The van der Waals surface area contributed by atoms with Gasteiger partial charge in [0.05, 0.1) is 18.6 Å². The van der Waals surface area contributed by atoms with Gasteiger partial charge in [-0.1, -0.05) is 29.3 Å². The number of benzene rings is 2. The van der Waals surface area contributed by atoms with Gasteiger partial charge < -0.3 is 10.1 Å². The topological polar surface area (TPSA) is 96.5 Å². The minimum absolute atomic E-state index is 0.0903. The van der Waals surface area contributed by atoms with E-state index >= 15 is 0 Å². The van der Waals surface area contributed by atoms with Crippen molar-refractivity contribution in [3.05, 3.63) is 63.6 Å². The van der Waals surface area contributed by atoms with Crippen LogP contribution in [-0.4, -0.2) is 24.5 Å². The fraction of sp³-hybridized carbons (Fsp3) is 0.167. The number of rotatable bonds is 5. The molecule has 0 aliphatic rings. The van der Waals surface area contributed by atoms with Gasteiger partial charge in [-0.2, -0.15) is 0 Å². The molecule has 3 amide bonds. The van der Waals surface area contributed by atoms with Crippen LogP contribution in [0.4, 0.5) is 10.5 Å². The van der Waals surface area contributed by atoms with Gasteiger partial charge in [0, 0.05) is 15.7 Å². The van der Waals surface area contributed by atoms with Crippen molar-refractivity contribution in [3.8, 4) is 0 Å². The zero-order chi connectivity index (χ0) is 19.8. The van der Waals surface area contributed by atoms with E-state index in [0.717, 1.165) is 0 Å². The van der Waals surface area contributed by atoms with Gasteiger partial charge in [0.25, 0.3) is 0 Å². The van der Waals surface area contributed by atoms with Crippen molar-refractivity contribution in [2.75, 3.05) is 11.9 Å². The van der Waals surface area contributed by atoms with Crippen molar-refractivity contribution in [3.63, 3.8) is 0 Å². The van der Waals surface area contributed by atoms with Crippen molar-refractivity contribution in [2.45, 2.75) is 13.3 Å². The molecular formula is C18H17Cl2N3O4. The summed E-state index contributed by atoms with van der Waals surface area (Å²) in [6.45, 7) is 1.99. The predicted octanol–water partition coefficient (Wildman–Crippen LogP) is 3.57. The fourth-order valence-corrected chi connectivity index (χ4v) is 2.63. The Morgan fingerprint density at radius 3 is 2.19 bits per heavy atom. The highest BCUT2D eigenvalue weighted by atomic mass is 35.5. The van der Waals surface area contributed by atoms with Crippen molar-refractivity contribution < 1.29 is 19.1 Å². The third-order valence-electron chi connectivity index (χ3n) is 3.37. The summed E-state index contributed by atoms with van der Waals surface area (Å²) in [5.74, 6) is -0.934. The Bertz CT molecular complexity index is 821. The lowest BCUT2D eigenvalue weighted by Crippen LogP contribution is -2.44. The van der Waals surface area contributed by atoms with Crippen LogP contribution >= 0.6 is 23.2 Å². The Kier molecular flexibility index (Phi) is 7.45. The van der Waals surface area contributed by atoms with Gasteiger partial charge in [0.1, 0.15) is 0 Å². The lowest BCUT2D eigenvalue weighted by Gasteiger charge is -2.10. The first-order chi connectivity index (χ1) is 12.9. The number of hydrogen-bond acceptors (Lipinski definition) is 4. The molecule has 0 unspecified atom stereocenters. The monoisotopic (exact) mass is 409 g/mol. The van der Waals surface area contributed by atoms with Gasteiger partial charge in [-0.05, 0) is 48.9 Å². The number of ether oxygens (including phenoxy) is 1. The minimum Gasteiger partial charge on any atom is -0.462 e. The van der Waals surface area contributed by atoms with Crippen LogP contribution in [0.15, 0.2) is 42.5 Å². The van der Waals surface area contributed by atoms with E-state index in [1.165, 1.54) is 24.3 Å². The standard InChI is InChI=1S/C18H17Cl2N3O4/c1-2-27-17(25)11-6-8-12(9-7-11)21-18(26)23-22-16(24)10-13-14(19)4-3-5-15(13)20/h3-9H,2,10H2,1H3,(H,22,24)(H2,21,23,26). The van der Waals surface area contributed by atoms with Crippen LogP contribution in [0.1, 0.15) is 22.8 Å². The smallest absolute Gasteiger partial charge is 0.338 e. The van der Waals surface area contributed by atoms with E-state index in [2.05, 4.69) is 16.2 Å². The molecule has 0 aliphatic heterocycles. The average molecular weight is 410 g/mol. The van der Waals surface area contributed by atoms with Crippen molar-refractivity contribution >= 4 is 46.8 Å². The Morgan fingerprint density at radius 2 is 1.59 bits per heavy atom. The molecule has 0 aliphatic carbocycles. The molecule has 0 fully saturated rings. The zero-order valence-corrected chi connectivity index (χ0v) is 15.9. The second-order valence-corrected chi connectivity index (χ2v) is 6.12. The maximum absolute atomic E-state index is 11.9. The number of amides is 3. The number of anilines is 1. The molecule has 0 radical (unpaired) electrons. The van der Waals surface area contributed by atoms with Gasteiger partial charge in [-0.25, -0.2) is 15.0 Å². The molecule has 0 saturated carbocycles. The molecule has 9 heteroatoms. The van der Waals surface area contributed by atoms with Crippen LogP contribution < -0.4 is 16.2 Å². The predicted molar refractivity (Wildman–Crippen MR) is 103 cm³/mol. The van der Waals surface area contributed by atoms with Gasteiger partial charge in [-0.15, -0.1) is 0 Å². The van der Waals surface area contributed by atoms with Gasteiger partial charge in [0.15, 0.2) is 0 Å². The number of hydrazine groups is 1. The molecule has 0 spiro atoms. The highest BCUT2D eigenvalue weighted by Crippen LogP contribution is 2.24. The molecule has 0 aromatic heterocycles. The normalized spacial score (nSPS) is 10.0. The summed E-state index contributed by atoms with van der Waals surface area (Å²) in [5, 5.41) is 3.24. The molecular weight excluding hydrogens is 393 g/mol. The van der Waals surface area contributed by atoms with E-state index in [0.29, 0.717) is 26.9 Å². The first kappa shape index (κ1) is 20.5. The van der Waals surface area contributed by atoms with Gasteiger partial charge in [0.2, 0.25) is 5.91 Å². The fourth-order valence-electron chi connectivity index (χ4n) is 2.10. The van der Waals surface area contributed by atoms with E-state index in [1.807, 2.05) is 0 Å². The van der Waals surface area contributed by atoms with Crippen molar-refractivity contribution in [2.24, 2.45) is 0 Å². The number of hydrogen-bond donors (Lipinski definition) is 3. The molecule has 0 atom stereocenters. The molecule has 2 rings (SSSR count). The Hall–Kier alpha value is -2.77. The van der Waals surface area contributed by atoms with E-state index in [1.54, 1.807) is 25.1 Å². The number of halogens is 2. The highest BCUT2D eigenvalue weighted by molar-refractivity contribution is 6.36. The maximum Gasteiger partial charge on any atom is 0.338 e. The molecule has 2 aromatic rings. The van der Waals surface area contributed by atoms with E-state index in [-0.39, 0.29) is 13.0 Å². The maximum atomic E-state index is 11.9. The van der Waals surface area contributed by atoms with E-state index < -0.39 is 17.9 Å². The minimum atomic E-state index is -0.655. The summed E-state index contributed by atoms with van der Waals surface area (Å²) >= 11 is 12.0. The average Bonchev–Trinajstić information content (AvgIpc) is 2.64. The van der Waals surface area contributed by atoms with E-state index in [9.17, 15) is 14.4 Å². The summed E-state index contributed by atoms with van der Waals surface area (Å²) in [6.07, 6.45) is -0.0903. The van der Waals surface area contributed by atoms with Crippen molar-refractivity contribution in [1.29, 1.82) is 0 Å². The Labute approximate surface area is 166 Å².